The Balaban J connectivity index is 2.34. The van der Waals surface area contributed by atoms with E-state index in [2.05, 4.69) is 32.6 Å². The predicted octanol–water partition coefficient (Wildman–Crippen LogP) is 3.32. The zero-order chi connectivity index (χ0) is 14.0. The Morgan fingerprint density at radius 3 is 2.68 bits per heavy atom. The largest absolute Gasteiger partial charge is 0.392 e. The first kappa shape index (κ1) is 14.3. The molecule has 2 unspecified atom stereocenters. The lowest BCUT2D eigenvalue weighted by molar-refractivity contribution is 0.281. The van der Waals surface area contributed by atoms with Crippen molar-refractivity contribution in [2.75, 3.05) is 11.4 Å². The minimum atomic E-state index is 0.0903. The van der Waals surface area contributed by atoms with Crippen molar-refractivity contribution in [3.8, 4) is 0 Å². The van der Waals surface area contributed by atoms with E-state index in [0.717, 1.165) is 29.5 Å². The molecule has 3 heteroatoms. The van der Waals surface area contributed by atoms with Crippen molar-refractivity contribution in [2.24, 2.45) is 5.92 Å². The Hall–Kier alpha value is -1.09. The summed E-state index contributed by atoms with van der Waals surface area (Å²) in [4.78, 5) is 7.21. The average Bonchev–Trinajstić information content (AvgIpc) is 2.40. The number of hydrogen-bond donors (Lipinski definition) is 1. The van der Waals surface area contributed by atoms with Crippen molar-refractivity contribution in [3.05, 3.63) is 23.4 Å². The number of piperidine rings is 1. The van der Waals surface area contributed by atoms with Gasteiger partial charge in [0.25, 0.3) is 0 Å². The molecule has 2 atom stereocenters. The van der Waals surface area contributed by atoms with Gasteiger partial charge in [-0.25, -0.2) is 4.98 Å². The Morgan fingerprint density at radius 2 is 2.05 bits per heavy atom. The molecule has 3 nitrogen and oxygen atoms in total. The summed E-state index contributed by atoms with van der Waals surface area (Å²) in [5, 5.41) is 9.44. The van der Waals surface area contributed by atoms with E-state index in [4.69, 9.17) is 4.98 Å². The van der Waals surface area contributed by atoms with Crippen LogP contribution in [0.1, 0.15) is 57.7 Å². The van der Waals surface area contributed by atoms with Gasteiger partial charge < -0.3 is 10.0 Å². The molecular weight excluding hydrogens is 236 g/mol. The molecule has 0 aliphatic carbocycles. The summed E-state index contributed by atoms with van der Waals surface area (Å²) in [6.45, 7) is 10.0. The van der Waals surface area contributed by atoms with Gasteiger partial charge in [-0.2, -0.15) is 0 Å². The van der Waals surface area contributed by atoms with E-state index in [-0.39, 0.29) is 6.61 Å². The van der Waals surface area contributed by atoms with Gasteiger partial charge in [0.2, 0.25) is 0 Å². The van der Waals surface area contributed by atoms with Crippen LogP contribution < -0.4 is 4.90 Å². The van der Waals surface area contributed by atoms with Crippen molar-refractivity contribution in [3.63, 3.8) is 0 Å². The highest BCUT2D eigenvalue weighted by atomic mass is 16.3. The van der Waals surface area contributed by atoms with Crippen LogP contribution in [0.25, 0.3) is 0 Å². The zero-order valence-electron chi connectivity index (χ0n) is 12.6. The molecule has 0 aromatic carbocycles. The molecule has 1 aromatic rings. The maximum Gasteiger partial charge on any atom is 0.129 e. The van der Waals surface area contributed by atoms with Gasteiger partial charge in [-0.05, 0) is 49.3 Å². The van der Waals surface area contributed by atoms with Crippen LogP contribution in [0.5, 0.6) is 0 Å². The molecule has 0 bridgehead atoms. The highest BCUT2D eigenvalue weighted by Gasteiger charge is 2.24. The standard InChI is InChI=1S/C16H26N2O/c1-11(2)15-7-14(10-19)8-16(17-15)18-9-12(3)5-6-13(18)4/h7-8,11-13,19H,5-6,9-10H2,1-4H3. The van der Waals surface area contributed by atoms with Crippen molar-refractivity contribution < 1.29 is 5.11 Å². The second-order valence-electron chi connectivity index (χ2n) is 6.26. The third-order valence-corrected chi connectivity index (χ3v) is 4.08. The van der Waals surface area contributed by atoms with Gasteiger partial charge in [0.05, 0.1) is 6.61 Å². The summed E-state index contributed by atoms with van der Waals surface area (Å²) in [5.74, 6) is 2.15. The molecule has 0 spiro atoms. The summed E-state index contributed by atoms with van der Waals surface area (Å²) < 4.78 is 0. The summed E-state index contributed by atoms with van der Waals surface area (Å²) >= 11 is 0. The minimum Gasteiger partial charge on any atom is -0.392 e. The summed E-state index contributed by atoms with van der Waals surface area (Å²) in [7, 11) is 0. The molecule has 1 fully saturated rings. The fraction of sp³-hybridized carbons (Fsp3) is 0.688. The van der Waals surface area contributed by atoms with Crippen LogP contribution in [-0.4, -0.2) is 22.7 Å². The highest BCUT2D eigenvalue weighted by Crippen LogP contribution is 2.28. The topological polar surface area (TPSA) is 36.4 Å². The first-order valence-corrected chi connectivity index (χ1v) is 7.39. The zero-order valence-corrected chi connectivity index (χ0v) is 12.6. The van der Waals surface area contributed by atoms with Crippen molar-refractivity contribution in [1.82, 2.24) is 4.98 Å². The van der Waals surface area contributed by atoms with Crippen LogP contribution >= 0.6 is 0 Å². The average molecular weight is 262 g/mol. The molecule has 0 amide bonds. The molecule has 1 N–H and O–H groups in total. The maximum absolute atomic E-state index is 9.44. The Morgan fingerprint density at radius 1 is 1.32 bits per heavy atom. The van der Waals surface area contributed by atoms with Crippen LogP contribution in [0.4, 0.5) is 5.82 Å². The third kappa shape index (κ3) is 3.27. The predicted molar refractivity (Wildman–Crippen MR) is 79.5 cm³/mol. The van der Waals surface area contributed by atoms with Crippen LogP contribution in [0, 0.1) is 5.92 Å². The van der Waals surface area contributed by atoms with Crippen LogP contribution in [-0.2, 0) is 6.61 Å². The van der Waals surface area contributed by atoms with E-state index < -0.39 is 0 Å². The monoisotopic (exact) mass is 262 g/mol. The second kappa shape index (κ2) is 5.91. The second-order valence-corrected chi connectivity index (χ2v) is 6.26. The molecular formula is C16H26N2O. The van der Waals surface area contributed by atoms with Gasteiger partial charge in [-0.15, -0.1) is 0 Å². The number of rotatable bonds is 3. The van der Waals surface area contributed by atoms with E-state index >= 15 is 0 Å². The van der Waals surface area contributed by atoms with Gasteiger partial charge in [-0.3, -0.25) is 0 Å². The minimum absolute atomic E-state index is 0.0903. The van der Waals surface area contributed by atoms with E-state index in [9.17, 15) is 5.11 Å². The first-order chi connectivity index (χ1) is 9.01. The van der Waals surface area contributed by atoms with Gasteiger partial charge in [0.1, 0.15) is 5.82 Å². The number of nitrogens with zero attached hydrogens (tertiary/aromatic N) is 2. The van der Waals surface area contributed by atoms with Gasteiger partial charge in [-0.1, -0.05) is 20.8 Å². The van der Waals surface area contributed by atoms with Crippen LogP contribution in [0.2, 0.25) is 0 Å². The maximum atomic E-state index is 9.44. The number of aliphatic hydroxyl groups is 1. The van der Waals surface area contributed by atoms with Crippen molar-refractivity contribution in [1.29, 1.82) is 0 Å². The Kier molecular flexibility index (Phi) is 4.46. The molecule has 106 valence electrons. The number of hydrogen-bond acceptors (Lipinski definition) is 3. The summed E-state index contributed by atoms with van der Waals surface area (Å²) in [6.07, 6.45) is 2.53. The van der Waals surface area contributed by atoms with E-state index in [1.807, 2.05) is 12.1 Å². The fourth-order valence-corrected chi connectivity index (χ4v) is 2.74. The van der Waals surface area contributed by atoms with Crippen molar-refractivity contribution in [2.45, 2.75) is 59.1 Å². The number of aliphatic hydroxyl groups excluding tert-OH is 1. The van der Waals surface area contributed by atoms with E-state index in [0.29, 0.717) is 12.0 Å². The summed E-state index contributed by atoms with van der Waals surface area (Å²) in [5.41, 5.74) is 2.05. The Bertz CT molecular complexity index is 431. The smallest absolute Gasteiger partial charge is 0.129 e. The van der Waals surface area contributed by atoms with E-state index in [1.165, 1.54) is 12.8 Å². The molecule has 1 aliphatic heterocycles. The van der Waals surface area contributed by atoms with Gasteiger partial charge in [0, 0.05) is 18.3 Å². The number of aromatic nitrogens is 1. The lowest BCUT2D eigenvalue weighted by atomic mass is 9.95. The van der Waals surface area contributed by atoms with Crippen LogP contribution in [0.3, 0.4) is 0 Å². The molecule has 0 radical (unpaired) electrons. The lowest BCUT2D eigenvalue weighted by Gasteiger charge is -2.38. The number of anilines is 1. The first-order valence-electron chi connectivity index (χ1n) is 7.39. The Labute approximate surface area is 116 Å². The molecule has 2 heterocycles. The lowest BCUT2D eigenvalue weighted by Crippen LogP contribution is -2.41. The van der Waals surface area contributed by atoms with Gasteiger partial charge >= 0.3 is 0 Å². The van der Waals surface area contributed by atoms with Gasteiger partial charge in [0.15, 0.2) is 0 Å². The quantitative estimate of drug-likeness (QED) is 0.907. The molecule has 19 heavy (non-hydrogen) atoms. The molecule has 1 saturated heterocycles. The van der Waals surface area contributed by atoms with Crippen LogP contribution in [0.15, 0.2) is 12.1 Å². The normalized spacial score (nSPS) is 24.0. The third-order valence-electron chi connectivity index (χ3n) is 4.08. The molecule has 2 rings (SSSR count). The van der Waals surface area contributed by atoms with E-state index in [1.54, 1.807) is 0 Å². The SMILES string of the molecule is CC1CCC(C)N(c2cc(CO)cc(C(C)C)n2)C1. The van der Waals surface area contributed by atoms with Crippen molar-refractivity contribution >= 4 is 5.82 Å². The molecule has 0 saturated carbocycles. The molecule has 1 aliphatic rings. The fourth-order valence-electron chi connectivity index (χ4n) is 2.74. The molecule has 1 aromatic heterocycles. The summed E-state index contributed by atoms with van der Waals surface area (Å²) in [6, 6.07) is 4.60. The highest BCUT2D eigenvalue weighted by molar-refractivity contribution is 5.44. The number of pyridine rings is 1.